The van der Waals surface area contributed by atoms with Gasteiger partial charge in [-0.15, -0.1) is 0 Å². The van der Waals surface area contributed by atoms with Crippen molar-refractivity contribution in [3.05, 3.63) is 46.2 Å². The average molecular weight is 286 g/mol. The maximum Gasteiger partial charge on any atom is 0.251 e. The van der Waals surface area contributed by atoms with E-state index in [-0.39, 0.29) is 11.9 Å². The standard InChI is InChI=1S/C14H14N4OS/c1-9(6-10-4-5-20-8-10)15-14(19)11-2-3-12-13(7-11)17-18-16-12/h2-5,7-9H,6H2,1H3,(H,15,19)(H,16,17,18)/t9-/m1/s1. The van der Waals surface area contributed by atoms with Crippen molar-refractivity contribution in [3.63, 3.8) is 0 Å². The van der Waals surface area contributed by atoms with Crippen LogP contribution in [0.4, 0.5) is 0 Å². The Labute approximate surface area is 120 Å². The molecule has 0 spiro atoms. The zero-order valence-electron chi connectivity index (χ0n) is 11.0. The van der Waals surface area contributed by atoms with Crippen LogP contribution >= 0.6 is 11.3 Å². The molecule has 0 bridgehead atoms. The largest absolute Gasteiger partial charge is 0.349 e. The third-order valence-corrected chi connectivity index (χ3v) is 3.81. The molecule has 0 fully saturated rings. The number of fused-ring (bicyclic) bond motifs is 1. The van der Waals surface area contributed by atoms with Crippen molar-refractivity contribution < 1.29 is 4.79 Å². The summed E-state index contributed by atoms with van der Waals surface area (Å²) in [6.45, 7) is 2.00. The molecule has 1 amide bonds. The number of aromatic nitrogens is 3. The van der Waals surface area contributed by atoms with Crippen molar-refractivity contribution in [2.75, 3.05) is 0 Å². The predicted octanol–water partition coefficient (Wildman–Crippen LogP) is 2.38. The molecule has 3 rings (SSSR count). The van der Waals surface area contributed by atoms with Gasteiger partial charge < -0.3 is 5.32 Å². The number of thiophene rings is 1. The molecule has 0 aliphatic heterocycles. The van der Waals surface area contributed by atoms with E-state index in [2.05, 4.69) is 32.2 Å². The van der Waals surface area contributed by atoms with Crippen molar-refractivity contribution in [1.82, 2.24) is 20.7 Å². The highest BCUT2D eigenvalue weighted by atomic mass is 32.1. The van der Waals surface area contributed by atoms with Gasteiger partial charge in [0.25, 0.3) is 5.91 Å². The van der Waals surface area contributed by atoms with Crippen LogP contribution in [-0.2, 0) is 6.42 Å². The smallest absolute Gasteiger partial charge is 0.251 e. The lowest BCUT2D eigenvalue weighted by Crippen LogP contribution is -2.33. The molecule has 20 heavy (non-hydrogen) atoms. The summed E-state index contributed by atoms with van der Waals surface area (Å²) in [7, 11) is 0. The number of H-pyrrole nitrogens is 1. The van der Waals surface area contributed by atoms with Crippen LogP contribution in [0.5, 0.6) is 0 Å². The third-order valence-electron chi connectivity index (χ3n) is 3.08. The fourth-order valence-corrected chi connectivity index (χ4v) is 2.78. The Morgan fingerprint density at radius 1 is 1.35 bits per heavy atom. The number of nitrogens with zero attached hydrogens (tertiary/aromatic N) is 2. The van der Waals surface area contributed by atoms with E-state index in [9.17, 15) is 4.79 Å². The van der Waals surface area contributed by atoms with E-state index in [0.29, 0.717) is 11.1 Å². The maximum absolute atomic E-state index is 12.2. The summed E-state index contributed by atoms with van der Waals surface area (Å²) in [5.74, 6) is -0.0855. The molecule has 2 heterocycles. The summed E-state index contributed by atoms with van der Waals surface area (Å²) < 4.78 is 0. The fourth-order valence-electron chi connectivity index (χ4n) is 2.10. The van der Waals surface area contributed by atoms with E-state index in [1.54, 1.807) is 29.5 Å². The van der Waals surface area contributed by atoms with Crippen LogP contribution in [-0.4, -0.2) is 27.4 Å². The summed E-state index contributed by atoms with van der Waals surface area (Å²) in [5, 5.41) is 17.6. The maximum atomic E-state index is 12.2. The lowest BCUT2D eigenvalue weighted by Gasteiger charge is -2.13. The van der Waals surface area contributed by atoms with Crippen LogP contribution < -0.4 is 5.32 Å². The predicted molar refractivity (Wildman–Crippen MR) is 78.8 cm³/mol. The molecular formula is C14H14N4OS. The Morgan fingerprint density at radius 3 is 3.00 bits per heavy atom. The van der Waals surface area contributed by atoms with Gasteiger partial charge in [0.05, 0.1) is 0 Å². The van der Waals surface area contributed by atoms with Crippen molar-refractivity contribution >= 4 is 28.3 Å². The van der Waals surface area contributed by atoms with Crippen LogP contribution in [0.25, 0.3) is 11.0 Å². The first-order valence-electron chi connectivity index (χ1n) is 6.35. The first-order valence-corrected chi connectivity index (χ1v) is 7.29. The van der Waals surface area contributed by atoms with Crippen LogP contribution in [0.1, 0.15) is 22.8 Å². The Balaban J connectivity index is 1.68. The second kappa shape index (κ2) is 5.42. The molecule has 0 aliphatic rings. The summed E-state index contributed by atoms with van der Waals surface area (Å²) in [6, 6.07) is 7.46. The third kappa shape index (κ3) is 2.70. The fraction of sp³-hybridized carbons (Fsp3) is 0.214. The number of nitrogens with one attached hydrogen (secondary N) is 2. The molecular weight excluding hydrogens is 272 g/mol. The lowest BCUT2D eigenvalue weighted by atomic mass is 10.1. The highest BCUT2D eigenvalue weighted by Crippen LogP contribution is 2.12. The molecule has 0 saturated carbocycles. The van der Waals surface area contributed by atoms with Crippen molar-refractivity contribution in [2.45, 2.75) is 19.4 Å². The first-order chi connectivity index (χ1) is 9.72. The number of hydrogen-bond acceptors (Lipinski definition) is 4. The molecule has 102 valence electrons. The number of carbonyl (C=O) groups is 1. The zero-order chi connectivity index (χ0) is 13.9. The molecule has 0 saturated heterocycles. The van der Waals surface area contributed by atoms with Gasteiger partial charge in [0, 0.05) is 11.6 Å². The summed E-state index contributed by atoms with van der Waals surface area (Å²) in [5.41, 5.74) is 3.30. The minimum Gasteiger partial charge on any atom is -0.349 e. The minimum atomic E-state index is -0.0855. The van der Waals surface area contributed by atoms with Crippen LogP contribution in [0.15, 0.2) is 35.0 Å². The Morgan fingerprint density at radius 2 is 2.20 bits per heavy atom. The minimum absolute atomic E-state index is 0.0855. The van der Waals surface area contributed by atoms with E-state index in [1.807, 2.05) is 12.3 Å². The van der Waals surface area contributed by atoms with E-state index >= 15 is 0 Å². The summed E-state index contributed by atoms with van der Waals surface area (Å²) in [4.78, 5) is 12.2. The van der Waals surface area contributed by atoms with Gasteiger partial charge in [0.2, 0.25) is 0 Å². The molecule has 2 aromatic heterocycles. The second-order valence-electron chi connectivity index (χ2n) is 4.74. The van der Waals surface area contributed by atoms with Gasteiger partial charge in [0.15, 0.2) is 0 Å². The Kier molecular flexibility index (Phi) is 3.47. The number of hydrogen-bond donors (Lipinski definition) is 2. The van der Waals surface area contributed by atoms with E-state index in [1.165, 1.54) is 5.56 Å². The van der Waals surface area contributed by atoms with Gasteiger partial charge in [-0.2, -0.15) is 26.7 Å². The van der Waals surface area contributed by atoms with Gasteiger partial charge in [-0.3, -0.25) is 4.79 Å². The Hall–Kier alpha value is -2.21. The molecule has 1 aromatic carbocycles. The monoisotopic (exact) mass is 286 g/mol. The number of amides is 1. The Bertz CT molecular complexity index is 720. The number of carbonyl (C=O) groups excluding carboxylic acids is 1. The van der Waals surface area contributed by atoms with Crippen LogP contribution in [0.2, 0.25) is 0 Å². The first kappa shape index (κ1) is 12.8. The summed E-state index contributed by atoms with van der Waals surface area (Å²) >= 11 is 1.67. The van der Waals surface area contributed by atoms with E-state index in [0.717, 1.165) is 11.9 Å². The van der Waals surface area contributed by atoms with Crippen molar-refractivity contribution in [3.8, 4) is 0 Å². The SMILES string of the molecule is C[C@H](Cc1ccsc1)NC(=O)c1ccc2n[nH]nc2c1. The molecule has 3 aromatic rings. The van der Waals surface area contributed by atoms with Crippen molar-refractivity contribution in [1.29, 1.82) is 0 Å². The van der Waals surface area contributed by atoms with E-state index in [4.69, 9.17) is 0 Å². The molecule has 1 atom stereocenters. The topological polar surface area (TPSA) is 70.7 Å². The number of rotatable bonds is 4. The highest BCUT2D eigenvalue weighted by molar-refractivity contribution is 7.07. The van der Waals surface area contributed by atoms with Gasteiger partial charge in [0.1, 0.15) is 11.0 Å². The van der Waals surface area contributed by atoms with Gasteiger partial charge >= 0.3 is 0 Å². The molecule has 6 heteroatoms. The molecule has 5 nitrogen and oxygen atoms in total. The molecule has 0 unspecified atom stereocenters. The van der Waals surface area contributed by atoms with Crippen molar-refractivity contribution in [2.24, 2.45) is 0 Å². The zero-order valence-corrected chi connectivity index (χ0v) is 11.8. The van der Waals surface area contributed by atoms with E-state index < -0.39 is 0 Å². The van der Waals surface area contributed by atoms with Crippen LogP contribution in [0, 0.1) is 0 Å². The lowest BCUT2D eigenvalue weighted by molar-refractivity contribution is 0.0940. The summed E-state index contributed by atoms with van der Waals surface area (Å²) in [6.07, 6.45) is 0.835. The molecule has 2 N–H and O–H groups in total. The quantitative estimate of drug-likeness (QED) is 0.773. The average Bonchev–Trinajstić information content (AvgIpc) is 3.07. The number of benzene rings is 1. The normalized spacial score (nSPS) is 12.4. The van der Waals surface area contributed by atoms with Gasteiger partial charge in [-0.25, -0.2) is 0 Å². The molecule has 0 radical (unpaired) electrons. The molecule has 0 aliphatic carbocycles. The highest BCUT2D eigenvalue weighted by Gasteiger charge is 2.12. The second-order valence-corrected chi connectivity index (χ2v) is 5.52. The number of aromatic amines is 1. The van der Waals surface area contributed by atoms with Gasteiger partial charge in [-0.1, -0.05) is 0 Å². The van der Waals surface area contributed by atoms with Gasteiger partial charge in [-0.05, 0) is 53.9 Å². The van der Waals surface area contributed by atoms with Crippen LogP contribution in [0.3, 0.4) is 0 Å².